The van der Waals surface area contributed by atoms with Crippen LogP contribution in [0.3, 0.4) is 0 Å². The molecule has 10 heavy (non-hydrogen) atoms. The third kappa shape index (κ3) is 1.52. The molecule has 1 heterocycles. The molecular weight excluding hydrogens is 215 g/mol. The molecule has 0 atom stereocenters. The highest BCUT2D eigenvalue weighted by molar-refractivity contribution is 9.08. The number of hydrogen-bond acceptors (Lipinski definition) is 1. The molecule has 0 aliphatic rings. The van der Waals surface area contributed by atoms with Gasteiger partial charge in [0, 0.05) is 11.9 Å². The molecule has 0 fully saturated rings. The van der Waals surface area contributed by atoms with Crippen molar-refractivity contribution < 1.29 is 0 Å². The third-order valence-electron chi connectivity index (χ3n) is 1.22. The van der Waals surface area contributed by atoms with Crippen LogP contribution in [-0.4, -0.2) is 9.78 Å². The molecule has 1 aromatic rings. The molecule has 2 nitrogen and oxygen atoms in total. The first-order valence-corrected chi connectivity index (χ1v) is 4.56. The molecule has 0 spiro atoms. The van der Waals surface area contributed by atoms with Gasteiger partial charge in [0.2, 0.25) is 0 Å². The predicted octanol–water partition coefficient (Wildman–Crippen LogP) is 2.45. The first-order valence-electron chi connectivity index (χ1n) is 3.06. The second-order valence-electron chi connectivity index (χ2n) is 1.91. The highest BCUT2D eigenvalue weighted by Gasteiger charge is 2.01. The summed E-state index contributed by atoms with van der Waals surface area (Å²) in [5, 5.41) is 5.65. The van der Waals surface area contributed by atoms with Crippen LogP contribution in [-0.2, 0) is 11.9 Å². The second-order valence-corrected chi connectivity index (χ2v) is 2.86. The van der Waals surface area contributed by atoms with Crippen LogP contribution in [0.15, 0.2) is 6.07 Å². The van der Waals surface area contributed by atoms with Crippen molar-refractivity contribution in [2.75, 3.05) is 0 Å². The van der Waals surface area contributed by atoms with Gasteiger partial charge < -0.3 is 0 Å². The van der Waals surface area contributed by atoms with Gasteiger partial charge in [0.25, 0.3) is 0 Å². The first-order chi connectivity index (χ1) is 4.77. The van der Waals surface area contributed by atoms with Crippen LogP contribution >= 0.6 is 27.5 Å². The molecule has 0 aliphatic carbocycles. The van der Waals surface area contributed by atoms with E-state index in [1.54, 1.807) is 4.68 Å². The number of alkyl halides is 1. The van der Waals surface area contributed by atoms with Crippen molar-refractivity contribution in [3.63, 3.8) is 0 Å². The van der Waals surface area contributed by atoms with Crippen molar-refractivity contribution in [3.05, 3.63) is 16.9 Å². The maximum atomic E-state index is 5.80. The molecule has 0 unspecified atom stereocenters. The molecule has 0 aliphatic heterocycles. The highest BCUT2D eigenvalue weighted by atomic mass is 79.9. The van der Waals surface area contributed by atoms with E-state index in [1.165, 1.54) is 0 Å². The summed E-state index contributed by atoms with van der Waals surface area (Å²) in [4.78, 5) is 0. The SMILES string of the molecule is CCn1nc(CBr)cc1Cl. The minimum Gasteiger partial charge on any atom is -0.254 e. The Morgan fingerprint density at radius 1 is 1.80 bits per heavy atom. The molecule has 0 radical (unpaired) electrons. The predicted molar refractivity (Wildman–Crippen MR) is 45.5 cm³/mol. The summed E-state index contributed by atoms with van der Waals surface area (Å²) >= 11 is 9.10. The smallest absolute Gasteiger partial charge is 0.127 e. The topological polar surface area (TPSA) is 17.8 Å². The van der Waals surface area contributed by atoms with Gasteiger partial charge in [-0.25, -0.2) is 0 Å². The minimum atomic E-state index is 0.706. The van der Waals surface area contributed by atoms with Crippen molar-refractivity contribution in [2.24, 2.45) is 0 Å². The number of aryl methyl sites for hydroxylation is 1. The van der Waals surface area contributed by atoms with E-state index in [4.69, 9.17) is 11.6 Å². The zero-order chi connectivity index (χ0) is 7.56. The van der Waals surface area contributed by atoms with Crippen LogP contribution in [0.25, 0.3) is 0 Å². The highest BCUT2D eigenvalue weighted by Crippen LogP contribution is 2.12. The van der Waals surface area contributed by atoms with Crippen LogP contribution in [0, 0.1) is 0 Å². The van der Waals surface area contributed by atoms with Crippen molar-refractivity contribution >= 4 is 27.5 Å². The Morgan fingerprint density at radius 2 is 2.50 bits per heavy atom. The number of rotatable bonds is 2. The monoisotopic (exact) mass is 222 g/mol. The van der Waals surface area contributed by atoms with Crippen LogP contribution < -0.4 is 0 Å². The average molecular weight is 224 g/mol. The molecule has 56 valence electrons. The van der Waals surface area contributed by atoms with Crippen LogP contribution in [0.1, 0.15) is 12.6 Å². The third-order valence-corrected chi connectivity index (χ3v) is 2.10. The molecule has 1 rings (SSSR count). The van der Waals surface area contributed by atoms with E-state index in [1.807, 2.05) is 13.0 Å². The number of nitrogens with zero attached hydrogens (tertiary/aromatic N) is 2. The average Bonchev–Trinajstić information content (AvgIpc) is 2.30. The van der Waals surface area contributed by atoms with Crippen molar-refractivity contribution in [2.45, 2.75) is 18.8 Å². The number of halogens is 2. The molecule has 4 heteroatoms. The Hall–Kier alpha value is -0.0200. The number of hydrogen-bond donors (Lipinski definition) is 0. The summed E-state index contributed by atoms with van der Waals surface area (Å²) < 4.78 is 1.76. The quantitative estimate of drug-likeness (QED) is 0.704. The zero-order valence-electron chi connectivity index (χ0n) is 5.64. The largest absolute Gasteiger partial charge is 0.254 e. The van der Waals surface area contributed by atoms with Gasteiger partial charge >= 0.3 is 0 Å². The van der Waals surface area contributed by atoms with Crippen molar-refractivity contribution in [3.8, 4) is 0 Å². The van der Waals surface area contributed by atoms with E-state index in [-0.39, 0.29) is 0 Å². The van der Waals surface area contributed by atoms with Crippen molar-refractivity contribution in [1.29, 1.82) is 0 Å². The lowest BCUT2D eigenvalue weighted by atomic mass is 10.5. The summed E-state index contributed by atoms with van der Waals surface area (Å²) in [6.07, 6.45) is 0. The molecule has 0 amide bonds. The van der Waals surface area contributed by atoms with E-state index in [0.29, 0.717) is 5.15 Å². The molecule has 0 N–H and O–H groups in total. The molecule has 0 saturated carbocycles. The molecular formula is C6H8BrClN2. The van der Waals surface area contributed by atoms with Crippen LogP contribution in [0.5, 0.6) is 0 Å². The van der Waals surface area contributed by atoms with Gasteiger partial charge in [0.1, 0.15) is 5.15 Å². The number of aromatic nitrogens is 2. The minimum absolute atomic E-state index is 0.706. The van der Waals surface area contributed by atoms with Gasteiger partial charge in [-0.15, -0.1) is 0 Å². The van der Waals surface area contributed by atoms with Gasteiger partial charge in [-0.1, -0.05) is 27.5 Å². The fraction of sp³-hybridized carbons (Fsp3) is 0.500. The Balaban J connectivity index is 2.92. The molecule has 0 aromatic carbocycles. The lowest BCUT2D eigenvalue weighted by Gasteiger charge is -1.93. The van der Waals surface area contributed by atoms with E-state index in [9.17, 15) is 0 Å². The van der Waals surface area contributed by atoms with E-state index < -0.39 is 0 Å². The van der Waals surface area contributed by atoms with E-state index in [2.05, 4.69) is 21.0 Å². The Bertz CT molecular complexity index is 222. The van der Waals surface area contributed by atoms with Gasteiger partial charge in [-0.3, -0.25) is 4.68 Å². The lowest BCUT2D eigenvalue weighted by molar-refractivity contribution is 0.653. The summed E-state index contributed by atoms with van der Waals surface area (Å²) in [6.45, 7) is 2.84. The maximum Gasteiger partial charge on any atom is 0.127 e. The summed E-state index contributed by atoms with van der Waals surface area (Å²) in [6, 6.07) is 1.86. The molecule has 0 saturated heterocycles. The van der Waals surface area contributed by atoms with Crippen LogP contribution in [0.4, 0.5) is 0 Å². The van der Waals surface area contributed by atoms with E-state index in [0.717, 1.165) is 17.6 Å². The van der Waals surface area contributed by atoms with Gasteiger partial charge in [0.15, 0.2) is 0 Å². The lowest BCUT2D eigenvalue weighted by Crippen LogP contribution is -1.96. The normalized spacial score (nSPS) is 10.3. The van der Waals surface area contributed by atoms with Gasteiger partial charge in [0.05, 0.1) is 5.69 Å². The standard InChI is InChI=1S/C6H8BrClN2/c1-2-10-6(8)3-5(4-7)9-10/h3H,2,4H2,1H3. The first kappa shape index (κ1) is 8.08. The molecule has 1 aromatic heterocycles. The molecule has 0 bridgehead atoms. The fourth-order valence-electron chi connectivity index (χ4n) is 0.731. The second kappa shape index (κ2) is 3.39. The van der Waals surface area contributed by atoms with Gasteiger partial charge in [-0.05, 0) is 13.0 Å². The summed E-state index contributed by atoms with van der Waals surface area (Å²) in [5.74, 6) is 0. The Morgan fingerprint density at radius 3 is 2.80 bits per heavy atom. The van der Waals surface area contributed by atoms with E-state index >= 15 is 0 Å². The van der Waals surface area contributed by atoms with Gasteiger partial charge in [-0.2, -0.15) is 5.10 Å². The van der Waals surface area contributed by atoms with Crippen LogP contribution in [0.2, 0.25) is 5.15 Å². The summed E-state index contributed by atoms with van der Waals surface area (Å²) in [7, 11) is 0. The Kier molecular flexibility index (Phi) is 2.74. The Labute approximate surface area is 73.3 Å². The summed E-state index contributed by atoms with van der Waals surface area (Å²) in [5.41, 5.74) is 0.979. The zero-order valence-corrected chi connectivity index (χ0v) is 7.98. The maximum absolute atomic E-state index is 5.80. The fourth-order valence-corrected chi connectivity index (χ4v) is 1.29. The van der Waals surface area contributed by atoms with Crippen molar-refractivity contribution in [1.82, 2.24) is 9.78 Å².